The normalized spacial score (nSPS) is 15.6. The second-order valence-corrected chi connectivity index (χ2v) is 2.24. The van der Waals surface area contributed by atoms with E-state index in [1.165, 1.54) is 7.05 Å². The van der Waals surface area contributed by atoms with E-state index in [9.17, 15) is 4.79 Å². The molecule has 0 fully saturated rings. The smallest absolute Gasteiger partial charge is 0.250 e. The number of rotatable bonds is 4. The summed E-state index contributed by atoms with van der Waals surface area (Å²) in [6.07, 6.45) is -1.01. The number of nitrogens with two attached hydrogens (primary N) is 1. The van der Waals surface area contributed by atoms with Crippen molar-refractivity contribution in [2.75, 3.05) is 13.7 Å². The van der Waals surface area contributed by atoms with E-state index < -0.39 is 18.1 Å². The van der Waals surface area contributed by atoms with Gasteiger partial charge in [-0.1, -0.05) is 0 Å². The summed E-state index contributed by atoms with van der Waals surface area (Å²) in [5, 5.41) is 19.7. The molecule has 5 heteroatoms. The number of likely N-dealkylation sites (N-methyl/N-ethyl adjacent to an activating group) is 1. The Kier molecular flexibility index (Phi) is 4.76. The second kappa shape index (κ2) is 5.06. The molecule has 0 aromatic carbocycles. The Balaban J connectivity index is 3.80. The van der Waals surface area contributed by atoms with Crippen molar-refractivity contribution in [1.29, 1.82) is 0 Å². The van der Waals surface area contributed by atoms with E-state index in [1.807, 2.05) is 0 Å². The van der Waals surface area contributed by atoms with Gasteiger partial charge in [-0.3, -0.25) is 4.79 Å². The van der Waals surface area contributed by atoms with E-state index in [-0.39, 0.29) is 13.0 Å². The molecule has 0 heterocycles. The number of aliphatic hydroxyl groups excluding tert-OH is 2. The lowest BCUT2D eigenvalue weighted by molar-refractivity contribution is -0.129. The lowest BCUT2D eigenvalue weighted by atomic mass is 10.1. The number of hydrogen-bond acceptors (Lipinski definition) is 4. The third-order valence-electron chi connectivity index (χ3n) is 1.38. The molecule has 0 aliphatic rings. The molecule has 0 bridgehead atoms. The van der Waals surface area contributed by atoms with E-state index in [0.717, 1.165) is 0 Å². The maximum Gasteiger partial charge on any atom is 0.250 e. The molecule has 0 spiro atoms. The monoisotopic (exact) mass is 162 g/mol. The van der Waals surface area contributed by atoms with Gasteiger partial charge >= 0.3 is 0 Å². The van der Waals surface area contributed by atoms with Gasteiger partial charge in [0, 0.05) is 19.7 Å². The van der Waals surface area contributed by atoms with Gasteiger partial charge in [0.1, 0.15) is 6.10 Å². The van der Waals surface area contributed by atoms with Crippen LogP contribution in [0.4, 0.5) is 0 Å². The van der Waals surface area contributed by atoms with Crippen LogP contribution in [-0.4, -0.2) is 41.9 Å². The first kappa shape index (κ1) is 10.3. The van der Waals surface area contributed by atoms with Crippen molar-refractivity contribution >= 4 is 5.91 Å². The number of carbonyl (C=O) groups is 1. The minimum atomic E-state index is -1.23. The van der Waals surface area contributed by atoms with E-state index in [2.05, 4.69) is 5.32 Å². The summed E-state index contributed by atoms with van der Waals surface area (Å²) in [6.45, 7) is -0.130. The highest BCUT2D eigenvalue weighted by Gasteiger charge is 2.20. The van der Waals surface area contributed by atoms with Crippen LogP contribution in [0, 0.1) is 0 Å². The predicted molar refractivity (Wildman–Crippen MR) is 39.8 cm³/mol. The van der Waals surface area contributed by atoms with Crippen molar-refractivity contribution in [2.24, 2.45) is 5.73 Å². The standard InChI is InChI=1S/C6H14N2O3/c1-8-6(11)5(10)4(7)2-3-9/h4-5,9-10H,2-3,7H2,1H3,(H,8,11). The number of carbonyl (C=O) groups excluding carboxylic acids is 1. The Morgan fingerprint density at radius 2 is 2.27 bits per heavy atom. The van der Waals surface area contributed by atoms with Gasteiger partial charge in [-0.05, 0) is 6.42 Å². The fourth-order valence-electron chi connectivity index (χ4n) is 0.649. The minimum Gasteiger partial charge on any atom is -0.396 e. The molecule has 0 rings (SSSR count). The fourth-order valence-corrected chi connectivity index (χ4v) is 0.649. The molecule has 5 nitrogen and oxygen atoms in total. The highest BCUT2D eigenvalue weighted by Crippen LogP contribution is 1.94. The quantitative estimate of drug-likeness (QED) is 0.377. The van der Waals surface area contributed by atoms with E-state index in [1.54, 1.807) is 0 Å². The Morgan fingerprint density at radius 1 is 1.73 bits per heavy atom. The summed E-state index contributed by atoms with van der Waals surface area (Å²) in [4.78, 5) is 10.7. The molecule has 2 atom stereocenters. The van der Waals surface area contributed by atoms with Crippen LogP contribution in [0.25, 0.3) is 0 Å². The first-order valence-electron chi connectivity index (χ1n) is 3.39. The van der Waals surface area contributed by atoms with Gasteiger partial charge in [0.25, 0.3) is 0 Å². The van der Waals surface area contributed by atoms with E-state index in [4.69, 9.17) is 15.9 Å². The zero-order valence-electron chi connectivity index (χ0n) is 6.45. The van der Waals surface area contributed by atoms with Gasteiger partial charge in [0.15, 0.2) is 0 Å². The summed E-state index contributed by atoms with van der Waals surface area (Å²) < 4.78 is 0. The number of aliphatic hydroxyl groups is 2. The maximum atomic E-state index is 10.7. The molecule has 2 unspecified atom stereocenters. The molecule has 0 aromatic heterocycles. The molecule has 0 aromatic rings. The van der Waals surface area contributed by atoms with Gasteiger partial charge in [-0.25, -0.2) is 0 Å². The average molecular weight is 162 g/mol. The Labute approximate surface area is 65.2 Å². The summed E-state index contributed by atoms with van der Waals surface area (Å²) in [6, 6.07) is -0.694. The molecule has 0 radical (unpaired) electrons. The second-order valence-electron chi connectivity index (χ2n) is 2.24. The largest absolute Gasteiger partial charge is 0.396 e. The van der Waals surface area contributed by atoms with E-state index >= 15 is 0 Å². The van der Waals surface area contributed by atoms with Crippen molar-refractivity contribution in [1.82, 2.24) is 5.32 Å². The number of hydrogen-bond donors (Lipinski definition) is 4. The Morgan fingerprint density at radius 3 is 2.64 bits per heavy atom. The summed E-state index contributed by atoms with van der Waals surface area (Å²) in [5.74, 6) is -0.522. The first-order chi connectivity index (χ1) is 5.13. The zero-order valence-corrected chi connectivity index (χ0v) is 6.45. The molecular formula is C6H14N2O3. The zero-order chi connectivity index (χ0) is 8.85. The molecular weight excluding hydrogens is 148 g/mol. The molecule has 5 N–H and O–H groups in total. The lowest BCUT2D eigenvalue weighted by Gasteiger charge is -2.15. The summed E-state index contributed by atoms with van der Waals surface area (Å²) in [5.41, 5.74) is 5.33. The fraction of sp³-hybridized carbons (Fsp3) is 0.833. The van der Waals surface area contributed by atoms with Crippen LogP contribution < -0.4 is 11.1 Å². The molecule has 0 saturated carbocycles. The highest BCUT2D eigenvalue weighted by atomic mass is 16.3. The third kappa shape index (κ3) is 3.31. The first-order valence-corrected chi connectivity index (χ1v) is 3.39. The summed E-state index contributed by atoms with van der Waals surface area (Å²) in [7, 11) is 1.41. The molecule has 0 aliphatic heterocycles. The molecule has 1 amide bonds. The Bertz CT molecular complexity index is 129. The van der Waals surface area contributed by atoms with Crippen LogP contribution in [0.3, 0.4) is 0 Å². The van der Waals surface area contributed by atoms with Crippen LogP contribution in [0.2, 0.25) is 0 Å². The van der Waals surface area contributed by atoms with Gasteiger partial charge < -0.3 is 21.3 Å². The number of amides is 1. The van der Waals surface area contributed by atoms with Crippen LogP contribution in [0.1, 0.15) is 6.42 Å². The predicted octanol–water partition coefficient (Wildman–Crippen LogP) is -2.20. The van der Waals surface area contributed by atoms with Crippen LogP contribution in [0.5, 0.6) is 0 Å². The van der Waals surface area contributed by atoms with Crippen molar-refractivity contribution in [2.45, 2.75) is 18.6 Å². The van der Waals surface area contributed by atoms with Crippen LogP contribution in [0.15, 0.2) is 0 Å². The van der Waals surface area contributed by atoms with Crippen molar-refractivity contribution in [3.05, 3.63) is 0 Å². The van der Waals surface area contributed by atoms with Crippen molar-refractivity contribution in [3.63, 3.8) is 0 Å². The van der Waals surface area contributed by atoms with Crippen LogP contribution in [-0.2, 0) is 4.79 Å². The van der Waals surface area contributed by atoms with Gasteiger partial charge in [0.05, 0.1) is 0 Å². The van der Waals surface area contributed by atoms with Crippen molar-refractivity contribution < 1.29 is 15.0 Å². The summed E-state index contributed by atoms with van der Waals surface area (Å²) >= 11 is 0. The Hall–Kier alpha value is -0.650. The average Bonchev–Trinajstić information content (AvgIpc) is 2.02. The molecule has 0 aliphatic carbocycles. The lowest BCUT2D eigenvalue weighted by Crippen LogP contribution is -2.45. The maximum absolute atomic E-state index is 10.7. The SMILES string of the molecule is CNC(=O)C(O)C(N)CCO. The topological polar surface area (TPSA) is 95.6 Å². The molecule has 66 valence electrons. The van der Waals surface area contributed by atoms with Crippen molar-refractivity contribution in [3.8, 4) is 0 Å². The van der Waals surface area contributed by atoms with Crippen LogP contribution >= 0.6 is 0 Å². The molecule has 11 heavy (non-hydrogen) atoms. The minimum absolute atomic E-state index is 0.130. The third-order valence-corrected chi connectivity index (χ3v) is 1.38. The highest BCUT2D eigenvalue weighted by molar-refractivity contribution is 5.80. The molecule has 0 saturated heterocycles. The van der Waals surface area contributed by atoms with Gasteiger partial charge in [-0.2, -0.15) is 0 Å². The van der Waals surface area contributed by atoms with E-state index in [0.29, 0.717) is 0 Å². The van der Waals surface area contributed by atoms with Gasteiger partial charge in [0.2, 0.25) is 5.91 Å². The van der Waals surface area contributed by atoms with Gasteiger partial charge in [-0.15, -0.1) is 0 Å². The number of nitrogens with one attached hydrogen (secondary N) is 1.